The smallest absolute Gasteiger partial charge is 0.131 e. The van der Waals surface area contributed by atoms with Gasteiger partial charge in [-0.3, -0.25) is 0 Å². The van der Waals surface area contributed by atoms with Crippen molar-refractivity contribution in [3.05, 3.63) is 42.2 Å². The molecule has 0 heterocycles. The highest BCUT2D eigenvalue weighted by molar-refractivity contribution is 5.84. The number of aromatic hydroxyl groups is 1. The highest BCUT2D eigenvalue weighted by Gasteiger charge is 1.98. The maximum atomic E-state index is 13.1. The van der Waals surface area contributed by atoms with E-state index in [0.717, 1.165) is 0 Å². The summed E-state index contributed by atoms with van der Waals surface area (Å²) in [5.74, 6) is -0.496. The van der Waals surface area contributed by atoms with Gasteiger partial charge >= 0.3 is 0 Å². The summed E-state index contributed by atoms with van der Waals surface area (Å²) in [6.07, 6.45) is 0. The van der Waals surface area contributed by atoms with Crippen LogP contribution in [0.25, 0.3) is 10.8 Å². The van der Waals surface area contributed by atoms with Gasteiger partial charge in [0, 0.05) is 5.39 Å². The highest BCUT2D eigenvalue weighted by Crippen LogP contribution is 2.21. The van der Waals surface area contributed by atoms with Crippen LogP contribution in [-0.4, -0.2) is 5.11 Å². The first-order chi connectivity index (χ1) is 6.18. The van der Waals surface area contributed by atoms with Crippen LogP contribution in [0.4, 0.5) is 4.39 Å². The van der Waals surface area contributed by atoms with E-state index in [1.165, 1.54) is 18.2 Å². The predicted octanol–water partition coefficient (Wildman–Crippen LogP) is 2.68. The third kappa shape index (κ3) is 1.01. The van der Waals surface area contributed by atoms with E-state index in [4.69, 9.17) is 1.37 Å². The molecule has 0 aliphatic rings. The van der Waals surface area contributed by atoms with Gasteiger partial charge in [0.25, 0.3) is 0 Å². The fraction of sp³-hybridized carbons (Fsp3) is 0. The van der Waals surface area contributed by atoms with E-state index in [2.05, 4.69) is 0 Å². The molecule has 0 amide bonds. The Morgan fingerprint density at radius 1 is 1.33 bits per heavy atom. The molecule has 2 aromatic rings. The van der Waals surface area contributed by atoms with Gasteiger partial charge in [-0.2, -0.15) is 0 Å². The number of benzene rings is 2. The first kappa shape index (κ1) is 6.00. The highest BCUT2D eigenvalue weighted by atomic mass is 19.1. The monoisotopic (exact) mass is 163 g/mol. The second-order valence-corrected chi connectivity index (χ2v) is 2.56. The Labute approximate surface area is 70.5 Å². The molecule has 0 bridgehead atoms. The zero-order valence-corrected chi connectivity index (χ0v) is 6.21. The third-order valence-corrected chi connectivity index (χ3v) is 1.74. The van der Waals surface area contributed by atoms with Crippen LogP contribution in [0, 0.1) is 5.82 Å². The molecule has 0 radical (unpaired) electrons. The second-order valence-electron chi connectivity index (χ2n) is 2.56. The number of phenols is 1. The Bertz CT molecular complexity index is 468. The van der Waals surface area contributed by atoms with E-state index in [1.54, 1.807) is 12.1 Å². The number of hydrogen-bond acceptors (Lipinski definition) is 1. The lowest BCUT2D eigenvalue weighted by Gasteiger charge is -1.98. The largest absolute Gasteiger partial charge is 0.508 e. The van der Waals surface area contributed by atoms with Crippen LogP contribution < -0.4 is 0 Å². The average Bonchev–Trinajstić information content (AvgIpc) is 2.09. The van der Waals surface area contributed by atoms with Gasteiger partial charge in [-0.25, -0.2) is 4.39 Å². The van der Waals surface area contributed by atoms with E-state index < -0.39 is 0 Å². The van der Waals surface area contributed by atoms with Crippen molar-refractivity contribution < 1.29 is 10.9 Å². The number of phenolic OH excluding ortho intramolecular Hbond substituents is 1. The number of halogens is 1. The van der Waals surface area contributed by atoms with Crippen LogP contribution in [0.15, 0.2) is 36.4 Å². The molecule has 60 valence electrons. The van der Waals surface area contributed by atoms with Crippen molar-refractivity contribution in [3.8, 4) is 5.75 Å². The van der Waals surface area contributed by atoms with Gasteiger partial charge < -0.3 is 5.11 Å². The van der Waals surface area contributed by atoms with E-state index in [1.807, 2.05) is 0 Å². The summed E-state index contributed by atoms with van der Waals surface area (Å²) in [5, 5.41) is 10.2. The molecule has 0 spiro atoms. The van der Waals surface area contributed by atoms with Crippen LogP contribution in [0.3, 0.4) is 0 Å². The first-order valence-electron chi connectivity index (χ1n) is 4.06. The molecule has 2 aromatic carbocycles. The summed E-state index contributed by atoms with van der Waals surface area (Å²) >= 11 is 0. The normalized spacial score (nSPS) is 11.6. The lowest BCUT2D eigenvalue weighted by Crippen LogP contribution is -1.77. The molecular formula is C10H7FO. The molecule has 0 aliphatic heterocycles. The summed E-state index contributed by atoms with van der Waals surface area (Å²) in [6.45, 7) is 0. The molecule has 1 N–H and O–H groups in total. The lowest BCUT2D eigenvalue weighted by molar-refractivity contribution is 0.476. The van der Waals surface area contributed by atoms with Gasteiger partial charge in [0.05, 0.1) is 1.37 Å². The summed E-state index contributed by atoms with van der Waals surface area (Å²) < 4.78 is 20.4. The molecule has 0 aromatic heterocycles. The number of rotatable bonds is 0. The third-order valence-electron chi connectivity index (χ3n) is 1.74. The van der Waals surface area contributed by atoms with Crippen LogP contribution in [0.1, 0.15) is 1.37 Å². The molecule has 2 rings (SSSR count). The summed E-state index contributed by atoms with van der Waals surface area (Å²) in [6, 6.07) is 7.25. The van der Waals surface area contributed by atoms with Gasteiger partial charge in [-0.1, -0.05) is 12.1 Å². The summed E-state index contributed by atoms with van der Waals surface area (Å²) in [5.41, 5.74) is 0. The molecule has 0 saturated heterocycles. The van der Waals surface area contributed by atoms with E-state index >= 15 is 0 Å². The van der Waals surface area contributed by atoms with Gasteiger partial charge in [0.1, 0.15) is 11.6 Å². The minimum absolute atomic E-state index is 0.0578. The molecule has 12 heavy (non-hydrogen) atoms. The van der Waals surface area contributed by atoms with Crippen LogP contribution >= 0.6 is 0 Å². The van der Waals surface area contributed by atoms with Crippen molar-refractivity contribution in [1.29, 1.82) is 0 Å². The quantitative estimate of drug-likeness (QED) is 0.633. The fourth-order valence-corrected chi connectivity index (χ4v) is 1.17. The van der Waals surface area contributed by atoms with Crippen molar-refractivity contribution in [2.75, 3.05) is 0 Å². The Morgan fingerprint density at radius 2 is 2.17 bits per heavy atom. The van der Waals surface area contributed by atoms with Crippen molar-refractivity contribution in [2.45, 2.75) is 0 Å². The molecular weight excluding hydrogens is 155 g/mol. The second kappa shape index (κ2) is 2.48. The summed E-state index contributed by atoms with van der Waals surface area (Å²) in [4.78, 5) is 0. The van der Waals surface area contributed by atoms with Crippen molar-refractivity contribution in [1.82, 2.24) is 0 Å². The minimum atomic E-state index is -0.369. The zero-order chi connectivity index (χ0) is 9.42. The van der Waals surface area contributed by atoms with Gasteiger partial charge in [-0.05, 0) is 29.6 Å². The Kier molecular flexibility index (Phi) is 1.24. The maximum Gasteiger partial charge on any atom is 0.131 e. The summed E-state index contributed by atoms with van der Waals surface area (Å²) in [7, 11) is 0. The van der Waals surface area contributed by atoms with Gasteiger partial charge in [0.15, 0.2) is 0 Å². The molecule has 0 fully saturated rings. The Balaban J connectivity index is 2.89. The number of fused-ring (bicyclic) bond motifs is 1. The Hall–Kier alpha value is -1.57. The van der Waals surface area contributed by atoms with Gasteiger partial charge in [0.2, 0.25) is 0 Å². The molecule has 0 unspecified atom stereocenters. The standard InChI is InChI=1S/C10H7FO/c11-10-3-1-2-7-6-8(12)4-5-9(7)10/h1-6,12H/i4D. The molecule has 0 saturated carbocycles. The van der Waals surface area contributed by atoms with Crippen molar-refractivity contribution in [2.24, 2.45) is 0 Å². The first-order valence-corrected chi connectivity index (χ1v) is 3.56. The molecule has 0 atom stereocenters. The van der Waals surface area contributed by atoms with E-state index in [-0.39, 0.29) is 17.6 Å². The number of hydrogen-bond donors (Lipinski definition) is 1. The SMILES string of the molecule is [2H]c1cc2c(F)cccc2cc1O. The lowest BCUT2D eigenvalue weighted by atomic mass is 10.1. The molecule has 0 aliphatic carbocycles. The van der Waals surface area contributed by atoms with E-state index in [0.29, 0.717) is 10.8 Å². The fourth-order valence-electron chi connectivity index (χ4n) is 1.17. The van der Waals surface area contributed by atoms with Crippen LogP contribution in [0.5, 0.6) is 5.75 Å². The topological polar surface area (TPSA) is 20.2 Å². The molecule has 1 nitrogen and oxygen atoms in total. The predicted molar refractivity (Wildman–Crippen MR) is 45.6 cm³/mol. The maximum absolute atomic E-state index is 13.1. The molecule has 2 heteroatoms. The van der Waals surface area contributed by atoms with E-state index in [9.17, 15) is 9.50 Å². The minimum Gasteiger partial charge on any atom is -0.508 e. The van der Waals surface area contributed by atoms with Gasteiger partial charge in [-0.15, -0.1) is 0 Å². The van der Waals surface area contributed by atoms with Crippen molar-refractivity contribution in [3.63, 3.8) is 0 Å². The van der Waals surface area contributed by atoms with Crippen LogP contribution in [0.2, 0.25) is 0 Å². The zero-order valence-electron chi connectivity index (χ0n) is 7.21. The van der Waals surface area contributed by atoms with Crippen LogP contribution in [-0.2, 0) is 0 Å². The van der Waals surface area contributed by atoms with Crippen molar-refractivity contribution >= 4 is 10.8 Å². The Morgan fingerprint density at radius 3 is 3.00 bits per heavy atom. The average molecular weight is 163 g/mol.